The summed E-state index contributed by atoms with van der Waals surface area (Å²) in [6, 6.07) is 4.19. The molecule has 1 atom stereocenters. The van der Waals surface area contributed by atoms with Gasteiger partial charge in [-0.1, -0.05) is 0 Å². The standard InChI is InChI=1S/C16H18N4O6/c1-10(2)19-13(8-9-17-19)18-16(22)11(3)25-15(21)7-5-12-4-6-14(26-12)20(23)24/h4-11H,1-3H3,(H,18,22)/b7-5+/t11-/m0/s1. The Bertz CT molecular complexity index is 835. The van der Waals surface area contributed by atoms with Crippen molar-refractivity contribution in [1.29, 1.82) is 0 Å². The van der Waals surface area contributed by atoms with Crippen LogP contribution in [0.2, 0.25) is 0 Å². The van der Waals surface area contributed by atoms with Crippen molar-refractivity contribution in [2.75, 3.05) is 5.32 Å². The summed E-state index contributed by atoms with van der Waals surface area (Å²) in [6.07, 6.45) is 2.74. The zero-order valence-electron chi connectivity index (χ0n) is 14.4. The minimum Gasteiger partial charge on any atom is -0.449 e. The lowest BCUT2D eigenvalue weighted by Crippen LogP contribution is -2.30. The molecule has 1 N–H and O–H groups in total. The quantitative estimate of drug-likeness (QED) is 0.347. The molecule has 0 unspecified atom stereocenters. The summed E-state index contributed by atoms with van der Waals surface area (Å²) in [5.41, 5.74) is 0. The molecule has 10 heteroatoms. The van der Waals surface area contributed by atoms with Gasteiger partial charge in [-0.3, -0.25) is 14.9 Å². The highest BCUT2D eigenvalue weighted by Crippen LogP contribution is 2.17. The molecular weight excluding hydrogens is 344 g/mol. The van der Waals surface area contributed by atoms with Crippen LogP contribution >= 0.6 is 0 Å². The van der Waals surface area contributed by atoms with Crippen LogP contribution in [-0.4, -0.2) is 32.7 Å². The lowest BCUT2D eigenvalue weighted by molar-refractivity contribution is -0.402. The van der Waals surface area contributed by atoms with E-state index in [4.69, 9.17) is 9.15 Å². The van der Waals surface area contributed by atoms with Crippen molar-refractivity contribution in [2.45, 2.75) is 32.9 Å². The van der Waals surface area contributed by atoms with Crippen molar-refractivity contribution in [2.24, 2.45) is 0 Å². The molecule has 0 spiro atoms. The molecule has 2 heterocycles. The first-order valence-electron chi connectivity index (χ1n) is 7.75. The van der Waals surface area contributed by atoms with Crippen molar-refractivity contribution in [3.05, 3.63) is 46.3 Å². The summed E-state index contributed by atoms with van der Waals surface area (Å²) in [7, 11) is 0. The topological polar surface area (TPSA) is 130 Å². The molecule has 2 rings (SSSR count). The number of rotatable bonds is 7. The lowest BCUT2D eigenvalue weighted by Gasteiger charge is -2.15. The Balaban J connectivity index is 1.91. The molecule has 0 aliphatic carbocycles. The molecule has 0 bridgehead atoms. The lowest BCUT2D eigenvalue weighted by atomic mass is 10.3. The largest absolute Gasteiger partial charge is 0.449 e. The molecule has 0 aromatic carbocycles. The Morgan fingerprint density at radius 3 is 2.69 bits per heavy atom. The third kappa shape index (κ3) is 4.79. The van der Waals surface area contributed by atoms with E-state index in [-0.39, 0.29) is 11.8 Å². The summed E-state index contributed by atoms with van der Waals surface area (Å²) in [6.45, 7) is 5.25. The number of nitrogens with zero attached hydrogens (tertiary/aromatic N) is 3. The average molecular weight is 362 g/mol. The number of esters is 1. The first-order valence-corrected chi connectivity index (χ1v) is 7.75. The minimum atomic E-state index is -1.05. The van der Waals surface area contributed by atoms with Crippen LogP contribution in [0.4, 0.5) is 11.7 Å². The number of nitrogens with one attached hydrogen (secondary N) is 1. The van der Waals surface area contributed by atoms with E-state index in [2.05, 4.69) is 10.4 Å². The summed E-state index contributed by atoms with van der Waals surface area (Å²) in [5.74, 6) is -1.13. The van der Waals surface area contributed by atoms with Crippen molar-refractivity contribution in [1.82, 2.24) is 9.78 Å². The van der Waals surface area contributed by atoms with E-state index in [9.17, 15) is 19.7 Å². The van der Waals surface area contributed by atoms with E-state index in [1.54, 1.807) is 16.9 Å². The zero-order chi connectivity index (χ0) is 19.3. The third-order valence-electron chi connectivity index (χ3n) is 3.25. The second-order valence-corrected chi connectivity index (χ2v) is 5.59. The highest BCUT2D eigenvalue weighted by molar-refractivity contribution is 5.96. The van der Waals surface area contributed by atoms with Gasteiger partial charge < -0.3 is 14.5 Å². The second-order valence-electron chi connectivity index (χ2n) is 5.59. The highest BCUT2D eigenvalue weighted by atomic mass is 16.6. The summed E-state index contributed by atoms with van der Waals surface area (Å²) in [4.78, 5) is 33.7. The van der Waals surface area contributed by atoms with Gasteiger partial charge in [0.2, 0.25) is 0 Å². The maximum Gasteiger partial charge on any atom is 0.433 e. The molecule has 1 amide bonds. The number of ether oxygens (including phenoxy) is 1. The third-order valence-corrected chi connectivity index (χ3v) is 3.25. The Morgan fingerprint density at radius 1 is 1.35 bits per heavy atom. The number of carbonyl (C=O) groups is 2. The minimum absolute atomic E-state index is 0.0541. The van der Waals surface area contributed by atoms with E-state index < -0.39 is 28.8 Å². The van der Waals surface area contributed by atoms with Gasteiger partial charge in [0.15, 0.2) is 6.10 Å². The molecule has 0 aliphatic heterocycles. The molecule has 0 saturated carbocycles. The van der Waals surface area contributed by atoms with E-state index in [1.165, 1.54) is 25.1 Å². The number of furan rings is 1. The number of aromatic nitrogens is 2. The Labute approximate surface area is 148 Å². The van der Waals surface area contributed by atoms with Crippen molar-refractivity contribution in [3.8, 4) is 0 Å². The molecule has 138 valence electrons. The number of nitro groups is 1. The van der Waals surface area contributed by atoms with E-state index in [0.29, 0.717) is 5.82 Å². The monoisotopic (exact) mass is 362 g/mol. The van der Waals surface area contributed by atoms with Crippen molar-refractivity contribution < 1.29 is 23.7 Å². The normalized spacial score (nSPS) is 12.3. The predicted octanol–water partition coefficient (Wildman–Crippen LogP) is 2.55. The van der Waals surface area contributed by atoms with Crippen molar-refractivity contribution in [3.63, 3.8) is 0 Å². The number of amides is 1. The van der Waals surface area contributed by atoms with Crippen LogP contribution in [0.15, 0.2) is 34.9 Å². The van der Waals surface area contributed by atoms with Gasteiger partial charge in [0, 0.05) is 18.2 Å². The Hall–Kier alpha value is -3.43. The van der Waals surface area contributed by atoms with Gasteiger partial charge >= 0.3 is 11.9 Å². The molecule has 0 fully saturated rings. The maximum atomic E-state index is 12.1. The van der Waals surface area contributed by atoms with Gasteiger partial charge in [0.25, 0.3) is 5.91 Å². The van der Waals surface area contributed by atoms with E-state index in [1.807, 2.05) is 13.8 Å². The summed E-state index contributed by atoms with van der Waals surface area (Å²) >= 11 is 0. The van der Waals surface area contributed by atoms with Gasteiger partial charge in [0.05, 0.1) is 12.3 Å². The molecule has 0 saturated heterocycles. The summed E-state index contributed by atoms with van der Waals surface area (Å²) < 4.78 is 11.5. The van der Waals surface area contributed by atoms with Crippen LogP contribution < -0.4 is 5.32 Å². The maximum absolute atomic E-state index is 12.1. The van der Waals surface area contributed by atoms with Gasteiger partial charge in [-0.05, 0) is 32.9 Å². The van der Waals surface area contributed by atoms with Crippen LogP contribution in [-0.2, 0) is 14.3 Å². The molecule has 10 nitrogen and oxygen atoms in total. The number of hydrogen-bond acceptors (Lipinski definition) is 7. The fraction of sp³-hybridized carbons (Fsp3) is 0.312. The predicted molar refractivity (Wildman–Crippen MR) is 91.2 cm³/mol. The molecule has 2 aromatic heterocycles. The molecule has 0 aliphatic rings. The number of hydrogen-bond donors (Lipinski definition) is 1. The first-order chi connectivity index (χ1) is 12.3. The van der Waals surface area contributed by atoms with Crippen LogP contribution in [0.3, 0.4) is 0 Å². The molecule has 26 heavy (non-hydrogen) atoms. The number of anilines is 1. The van der Waals surface area contributed by atoms with Crippen LogP contribution in [0, 0.1) is 10.1 Å². The smallest absolute Gasteiger partial charge is 0.433 e. The van der Waals surface area contributed by atoms with E-state index >= 15 is 0 Å². The average Bonchev–Trinajstić information content (AvgIpc) is 3.21. The first kappa shape index (κ1) is 18.9. The van der Waals surface area contributed by atoms with Gasteiger partial charge in [-0.2, -0.15) is 5.10 Å². The molecule has 0 radical (unpaired) electrons. The van der Waals surface area contributed by atoms with Crippen LogP contribution in [0.1, 0.15) is 32.6 Å². The van der Waals surface area contributed by atoms with Crippen LogP contribution in [0.25, 0.3) is 6.08 Å². The molecular formula is C16H18N4O6. The van der Waals surface area contributed by atoms with Crippen molar-refractivity contribution >= 4 is 29.7 Å². The fourth-order valence-electron chi connectivity index (χ4n) is 2.00. The van der Waals surface area contributed by atoms with E-state index in [0.717, 1.165) is 6.08 Å². The van der Waals surface area contributed by atoms with Crippen LogP contribution in [0.5, 0.6) is 0 Å². The van der Waals surface area contributed by atoms with Gasteiger partial charge in [-0.15, -0.1) is 0 Å². The van der Waals surface area contributed by atoms with Gasteiger partial charge in [0.1, 0.15) is 16.5 Å². The summed E-state index contributed by atoms with van der Waals surface area (Å²) in [5, 5.41) is 17.2. The highest BCUT2D eigenvalue weighted by Gasteiger charge is 2.19. The Kier molecular flexibility index (Phi) is 5.89. The molecule has 2 aromatic rings. The van der Waals surface area contributed by atoms with Gasteiger partial charge in [-0.25, -0.2) is 9.48 Å². The fourth-order valence-corrected chi connectivity index (χ4v) is 2.00. The Morgan fingerprint density at radius 2 is 2.08 bits per heavy atom. The second kappa shape index (κ2) is 8.10. The zero-order valence-corrected chi connectivity index (χ0v) is 14.4. The number of carbonyl (C=O) groups excluding carboxylic acids is 2. The SMILES string of the molecule is CC(C)n1nccc1NC(=O)[C@H](C)OC(=O)/C=C/c1ccc([N+](=O)[O-])o1.